The molecule has 1 amide bonds. The Morgan fingerprint density at radius 3 is 2.52 bits per heavy atom. The summed E-state index contributed by atoms with van der Waals surface area (Å²) in [5.41, 5.74) is 4.27. The third-order valence-electron chi connectivity index (χ3n) is 5.54. The molecule has 1 aliphatic heterocycles. The van der Waals surface area contributed by atoms with E-state index in [1.807, 2.05) is 49.5 Å². The monoisotopic (exact) mass is 443 g/mol. The summed E-state index contributed by atoms with van der Waals surface area (Å²) < 4.78 is 11.2. The van der Waals surface area contributed by atoms with Crippen molar-refractivity contribution in [1.82, 2.24) is 9.88 Å². The highest BCUT2D eigenvalue weighted by atomic mass is 16.5. The fourth-order valence-corrected chi connectivity index (χ4v) is 3.61. The lowest BCUT2D eigenvalue weighted by Gasteiger charge is -2.29. The molecule has 33 heavy (non-hydrogen) atoms. The van der Waals surface area contributed by atoms with E-state index in [-0.39, 0.29) is 5.91 Å². The van der Waals surface area contributed by atoms with Crippen molar-refractivity contribution in [2.24, 2.45) is 0 Å². The average molecular weight is 444 g/mol. The zero-order valence-corrected chi connectivity index (χ0v) is 18.9. The van der Waals surface area contributed by atoms with Crippen LogP contribution in [0.15, 0.2) is 79.1 Å². The van der Waals surface area contributed by atoms with E-state index in [0.29, 0.717) is 13.2 Å². The van der Waals surface area contributed by atoms with E-state index in [2.05, 4.69) is 34.1 Å². The molecule has 3 aromatic rings. The second-order valence-electron chi connectivity index (χ2n) is 8.01. The first-order valence-electron chi connectivity index (χ1n) is 11.1. The van der Waals surface area contributed by atoms with Crippen molar-refractivity contribution in [2.75, 3.05) is 38.3 Å². The molecule has 1 aliphatic rings. The average Bonchev–Trinajstić information content (AvgIpc) is 2.88. The summed E-state index contributed by atoms with van der Waals surface area (Å²) in [5.74, 6) is 0.740. The number of likely N-dealkylation sites (N-methyl/N-ethyl adjacent to an activating group) is 1. The van der Waals surface area contributed by atoms with Crippen LogP contribution < -0.4 is 9.64 Å². The number of hydrogen-bond donors (Lipinski definition) is 0. The van der Waals surface area contributed by atoms with Crippen LogP contribution in [0.4, 0.5) is 5.69 Å². The maximum Gasteiger partial charge on any atom is 0.246 e. The summed E-state index contributed by atoms with van der Waals surface area (Å²) in [6.45, 7) is 4.41. The van der Waals surface area contributed by atoms with E-state index in [1.165, 1.54) is 5.69 Å². The molecule has 0 aliphatic carbocycles. The van der Waals surface area contributed by atoms with Gasteiger partial charge in [-0.15, -0.1) is 0 Å². The number of ether oxygens (including phenoxy) is 2. The zero-order chi connectivity index (χ0) is 22.9. The Morgan fingerprint density at radius 1 is 1.06 bits per heavy atom. The van der Waals surface area contributed by atoms with Gasteiger partial charge in [0.1, 0.15) is 12.4 Å². The molecule has 0 bridgehead atoms. The first kappa shape index (κ1) is 22.6. The highest BCUT2D eigenvalue weighted by Gasteiger charge is 2.11. The molecule has 2 heterocycles. The van der Waals surface area contributed by atoms with Crippen LogP contribution >= 0.6 is 0 Å². The summed E-state index contributed by atoms with van der Waals surface area (Å²) >= 11 is 0. The van der Waals surface area contributed by atoms with Gasteiger partial charge in [0.2, 0.25) is 5.91 Å². The molecule has 170 valence electrons. The Bertz CT molecular complexity index is 1040. The number of rotatable bonds is 8. The molecular weight excluding hydrogens is 414 g/mol. The Hall–Kier alpha value is -3.64. The topological polar surface area (TPSA) is 54.9 Å². The van der Waals surface area contributed by atoms with Gasteiger partial charge in [-0.25, -0.2) is 0 Å². The minimum absolute atomic E-state index is 0.0378. The lowest BCUT2D eigenvalue weighted by atomic mass is 10.1. The predicted octanol–water partition coefficient (Wildman–Crippen LogP) is 4.17. The van der Waals surface area contributed by atoms with Gasteiger partial charge < -0.3 is 19.3 Å². The Balaban J connectivity index is 1.26. The van der Waals surface area contributed by atoms with Gasteiger partial charge in [-0.1, -0.05) is 30.3 Å². The van der Waals surface area contributed by atoms with Gasteiger partial charge in [-0.3, -0.25) is 9.78 Å². The molecule has 4 rings (SSSR count). The summed E-state index contributed by atoms with van der Waals surface area (Å²) in [6.07, 6.45) is 6.96. The van der Waals surface area contributed by atoms with Gasteiger partial charge in [0, 0.05) is 56.4 Å². The summed E-state index contributed by atoms with van der Waals surface area (Å²) in [7, 11) is 1.82. The van der Waals surface area contributed by atoms with Crippen molar-refractivity contribution < 1.29 is 14.3 Å². The predicted molar refractivity (Wildman–Crippen MR) is 130 cm³/mol. The van der Waals surface area contributed by atoms with Crippen LogP contribution in [-0.4, -0.2) is 49.1 Å². The van der Waals surface area contributed by atoms with Crippen LogP contribution in [0.3, 0.4) is 0 Å². The van der Waals surface area contributed by atoms with Crippen LogP contribution in [0.2, 0.25) is 0 Å². The second kappa shape index (κ2) is 11.3. The standard InChI is InChI=1S/C27H29N3O3/c1-29(20-23-4-9-25(10-5-23)30-15-17-32-18-16-30)27(31)13-8-22-6-11-26(12-7-22)33-21-24-3-2-14-28-19-24/h2-14,19H,15-18,20-21H2,1H3/b13-8+. The van der Waals surface area contributed by atoms with Gasteiger partial charge in [-0.05, 0) is 47.5 Å². The number of benzene rings is 2. The fourth-order valence-electron chi connectivity index (χ4n) is 3.61. The van der Waals surface area contributed by atoms with Crippen LogP contribution in [0, 0.1) is 0 Å². The number of nitrogens with zero attached hydrogens (tertiary/aromatic N) is 3. The van der Waals surface area contributed by atoms with E-state index in [4.69, 9.17) is 9.47 Å². The van der Waals surface area contributed by atoms with Gasteiger partial charge >= 0.3 is 0 Å². The molecule has 1 aromatic heterocycles. The van der Waals surface area contributed by atoms with Gasteiger partial charge in [0.15, 0.2) is 0 Å². The Kier molecular flexibility index (Phi) is 7.72. The van der Waals surface area contributed by atoms with Crippen molar-refractivity contribution in [1.29, 1.82) is 0 Å². The number of carbonyl (C=O) groups excluding carboxylic acids is 1. The van der Waals surface area contributed by atoms with Crippen molar-refractivity contribution >= 4 is 17.7 Å². The minimum Gasteiger partial charge on any atom is -0.489 e. The molecule has 0 atom stereocenters. The van der Waals surface area contributed by atoms with Crippen molar-refractivity contribution in [2.45, 2.75) is 13.2 Å². The SMILES string of the molecule is CN(Cc1ccc(N2CCOCC2)cc1)C(=O)/C=C/c1ccc(OCc2cccnc2)cc1. The fraction of sp³-hybridized carbons (Fsp3) is 0.259. The molecule has 0 unspecified atom stereocenters. The largest absolute Gasteiger partial charge is 0.489 e. The highest BCUT2D eigenvalue weighted by Crippen LogP contribution is 2.18. The molecular formula is C27H29N3O3. The van der Waals surface area contributed by atoms with E-state index in [9.17, 15) is 4.79 Å². The lowest BCUT2D eigenvalue weighted by Crippen LogP contribution is -2.36. The second-order valence-corrected chi connectivity index (χ2v) is 8.01. The van der Waals surface area contributed by atoms with Crippen LogP contribution in [0.5, 0.6) is 5.75 Å². The molecule has 6 nitrogen and oxygen atoms in total. The zero-order valence-electron chi connectivity index (χ0n) is 18.9. The normalized spacial score (nSPS) is 13.8. The molecule has 6 heteroatoms. The molecule has 2 aromatic carbocycles. The van der Waals surface area contributed by atoms with E-state index < -0.39 is 0 Å². The Labute approximate surface area is 195 Å². The Morgan fingerprint density at radius 2 is 1.82 bits per heavy atom. The molecule has 0 spiro atoms. The van der Waals surface area contributed by atoms with Crippen molar-refractivity contribution in [3.63, 3.8) is 0 Å². The van der Waals surface area contributed by atoms with Crippen LogP contribution in [0.25, 0.3) is 6.08 Å². The number of amides is 1. The van der Waals surface area contributed by atoms with Gasteiger partial charge in [0.25, 0.3) is 0 Å². The maximum absolute atomic E-state index is 12.5. The molecule has 0 N–H and O–H groups in total. The number of pyridine rings is 1. The lowest BCUT2D eigenvalue weighted by molar-refractivity contribution is -0.125. The quantitative estimate of drug-likeness (QED) is 0.489. The van der Waals surface area contributed by atoms with E-state index >= 15 is 0 Å². The van der Waals surface area contributed by atoms with Gasteiger partial charge in [0.05, 0.1) is 13.2 Å². The number of aromatic nitrogens is 1. The summed E-state index contributed by atoms with van der Waals surface area (Å²) in [6, 6.07) is 20.0. The van der Waals surface area contributed by atoms with Crippen LogP contribution in [0.1, 0.15) is 16.7 Å². The van der Waals surface area contributed by atoms with E-state index in [1.54, 1.807) is 23.4 Å². The number of hydrogen-bond acceptors (Lipinski definition) is 5. The smallest absolute Gasteiger partial charge is 0.246 e. The number of morpholine rings is 1. The third-order valence-corrected chi connectivity index (χ3v) is 5.54. The number of carbonyl (C=O) groups is 1. The van der Waals surface area contributed by atoms with E-state index in [0.717, 1.165) is 48.7 Å². The summed E-state index contributed by atoms with van der Waals surface area (Å²) in [4.78, 5) is 20.7. The molecule has 1 saturated heterocycles. The van der Waals surface area contributed by atoms with Crippen LogP contribution in [-0.2, 0) is 22.7 Å². The van der Waals surface area contributed by atoms with Crippen molar-refractivity contribution in [3.05, 3.63) is 95.8 Å². The minimum atomic E-state index is -0.0378. The summed E-state index contributed by atoms with van der Waals surface area (Å²) in [5, 5.41) is 0. The first-order valence-corrected chi connectivity index (χ1v) is 11.1. The molecule has 0 radical (unpaired) electrons. The molecule has 0 saturated carbocycles. The van der Waals surface area contributed by atoms with Gasteiger partial charge in [-0.2, -0.15) is 0 Å². The first-order chi connectivity index (χ1) is 16.2. The van der Waals surface area contributed by atoms with Crippen molar-refractivity contribution in [3.8, 4) is 5.75 Å². The maximum atomic E-state index is 12.5. The third kappa shape index (κ3) is 6.67. The molecule has 1 fully saturated rings. The highest BCUT2D eigenvalue weighted by molar-refractivity contribution is 5.91. The number of anilines is 1.